The first kappa shape index (κ1) is 14.0. The highest BCUT2D eigenvalue weighted by Gasteiger charge is 2.10. The molecule has 0 atom stereocenters. The number of hydrogen-bond donors (Lipinski definition) is 2. The number of primary amides is 1. The second-order valence-electron chi connectivity index (χ2n) is 4.47. The maximum absolute atomic E-state index is 13.7. The zero-order valence-corrected chi connectivity index (χ0v) is 10.9. The summed E-state index contributed by atoms with van der Waals surface area (Å²) >= 11 is 0. The van der Waals surface area contributed by atoms with Gasteiger partial charge in [-0.05, 0) is 36.8 Å². The molecule has 0 unspecified atom stereocenters. The van der Waals surface area contributed by atoms with E-state index in [9.17, 15) is 13.6 Å². The average Bonchev–Trinajstić information content (AvgIpc) is 2.42. The predicted molar refractivity (Wildman–Crippen MR) is 73.4 cm³/mol. The topological polar surface area (TPSA) is 55.1 Å². The van der Waals surface area contributed by atoms with Crippen molar-refractivity contribution in [2.75, 3.05) is 5.32 Å². The minimum Gasteiger partial charge on any atom is -0.381 e. The van der Waals surface area contributed by atoms with Gasteiger partial charge in [0.25, 0.3) is 0 Å². The molecule has 0 aliphatic carbocycles. The minimum atomic E-state index is -0.686. The Labute approximate surface area is 115 Å². The van der Waals surface area contributed by atoms with Crippen LogP contribution < -0.4 is 11.1 Å². The van der Waals surface area contributed by atoms with E-state index in [0.29, 0.717) is 17.8 Å². The first-order valence-electron chi connectivity index (χ1n) is 6.05. The molecule has 2 aromatic carbocycles. The van der Waals surface area contributed by atoms with E-state index >= 15 is 0 Å². The van der Waals surface area contributed by atoms with E-state index in [-0.39, 0.29) is 11.4 Å². The zero-order chi connectivity index (χ0) is 14.7. The van der Waals surface area contributed by atoms with Gasteiger partial charge in [0.15, 0.2) is 0 Å². The summed E-state index contributed by atoms with van der Waals surface area (Å²) in [4.78, 5) is 11.1. The number of rotatable bonds is 4. The summed E-state index contributed by atoms with van der Waals surface area (Å²) in [5.74, 6) is -1.50. The van der Waals surface area contributed by atoms with Crippen LogP contribution in [0.3, 0.4) is 0 Å². The Morgan fingerprint density at radius 1 is 1.20 bits per heavy atom. The fourth-order valence-electron chi connectivity index (χ4n) is 1.80. The maximum Gasteiger partial charge on any atom is 0.248 e. The van der Waals surface area contributed by atoms with Crippen LogP contribution in [-0.2, 0) is 6.54 Å². The lowest BCUT2D eigenvalue weighted by Gasteiger charge is -2.12. The molecule has 0 fully saturated rings. The Hall–Kier alpha value is -2.43. The first-order valence-corrected chi connectivity index (χ1v) is 6.05. The van der Waals surface area contributed by atoms with Gasteiger partial charge in [-0.25, -0.2) is 8.78 Å². The van der Waals surface area contributed by atoms with E-state index in [1.165, 1.54) is 18.2 Å². The summed E-state index contributed by atoms with van der Waals surface area (Å²) in [5.41, 5.74) is 6.99. The zero-order valence-electron chi connectivity index (χ0n) is 10.9. The van der Waals surface area contributed by atoms with E-state index in [1.807, 2.05) is 0 Å². The smallest absolute Gasteiger partial charge is 0.248 e. The largest absolute Gasteiger partial charge is 0.381 e. The third kappa shape index (κ3) is 3.12. The van der Waals surface area contributed by atoms with Crippen molar-refractivity contribution in [3.63, 3.8) is 0 Å². The van der Waals surface area contributed by atoms with Crippen molar-refractivity contribution in [3.8, 4) is 0 Å². The molecule has 0 saturated carbocycles. The van der Waals surface area contributed by atoms with Crippen LogP contribution >= 0.6 is 0 Å². The molecule has 0 aliphatic rings. The Bertz CT molecular complexity index is 639. The third-order valence-electron chi connectivity index (χ3n) is 3.03. The van der Waals surface area contributed by atoms with E-state index < -0.39 is 11.7 Å². The van der Waals surface area contributed by atoms with Crippen molar-refractivity contribution in [2.45, 2.75) is 13.5 Å². The van der Waals surface area contributed by atoms with Crippen LogP contribution in [0.1, 0.15) is 21.5 Å². The maximum atomic E-state index is 13.7. The quantitative estimate of drug-likeness (QED) is 0.902. The molecule has 20 heavy (non-hydrogen) atoms. The van der Waals surface area contributed by atoms with Crippen LogP contribution in [-0.4, -0.2) is 5.91 Å². The van der Waals surface area contributed by atoms with E-state index in [1.54, 1.807) is 19.1 Å². The van der Waals surface area contributed by atoms with Crippen molar-refractivity contribution in [1.29, 1.82) is 0 Å². The summed E-state index contributed by atoms with van der Waals surface area (Å²) in [5, 5.41) is 3.01. The molecule has 0 aliphatic heterocycles. The molecule has 0 aromatic heterocycles. The Morgan fingerprint density at radius 3 is 2.45 bits per heavy atom. The van der Waals surface area contributed by atoms with E-state index in [2.05, 4.69) is 5.32 Å². The summed E-state index contributed by atoms with van der Waals surface area (Å²) in [6, 6.07) is 8.58. The van der Waals surface area contributed by atoms with Gasteiger partial charge in [-0.1, -0.05) is 12.1 Å². The molecule has 0 spiro atoms. The number of carbonyl (C=O) groups excluding carboxylic acids is 1. The molecule has 0 bridgehead atoms. The summed E-state index contributed by atoms with van der Waals surface area (Å²) in [6.07, 6.45) is 0. The average molecular weight is 276 g/mol. The molecule has 2 rings (SSSR count). The highest BCUT2D eigenvalue weighted by molar-refractivity contribution is 5.94. The fourth-order valence-corrected chi connectivity index (χ4v) is 1.80. The molecule has 0 heterocycles. The van der Waals surface area contributed by atoms with Gasteiger partial charge in [0.05, 0.1) is 0 Å². The number of benzene rings is 2. The van der Waals surface area contributed by atoms with Crippen LogP contribution in [0, 0.1) is 18.6 Å². The van der Waals surface area contributed by atoms with Crippen molar-refractivity contribution in [3.05, 3.63) is 64.7 Å². The van der Waals surface area contributed by atoms with E-state index in [0.717, 1.165) is 11.6 Å². The molecule has 1 amide bonds. The molecule has 5 heteroatoms. The van der Waals surface area contributed by atoms with Crippen molar-refractivity contribution in [1.82, 2.24) is 0 Å². The summed E-state index contributed by atoms with van der Waals surface area (Å²) in [7, 11) is 0. The van der Waals surface area contributed by atoms with Crippen molar-refractivity contribution >= 4 is 11.6 Å². The molecular formula is C15H14F2N2O. The highest BCUT2D eigenvalue weighted by atomic mass is 19.1. The van der Waals surface area contributed by atoms with Gasteiger partial charge < -0.3 is 11.1 Å². The van der Waals surface area contributed by atoms with Gasteiger partial charge in [0, 0.05) is 23.4 Å². The van der Waals surface area contributed by atoms with E-state index in [4.69, 9.17) is 5.73 Å². The minimum absolute atomic E-state index is 0.106. The summed E-state index contributed by atoms with van der Waals surface area (Å²) in [6.45, 7) is 2.00. The highest BCUT2D eigenvalue weighted by Crippen LogP contribution is 2.21. The van der Waals surface area contributed by atoms with Gasteiger partial charge >= 0.3 is 0 Å². The molecular weight excluding hydrogens is 262 g/mol. The number of nitrogens with one attached hydrogen (secondary N) is 1. The number of anilines is 1. The molecule has 0 saturated heterocycles. The van der Waals surface area contributed by atoms with Crippen LogP contribution in [0.25, 0.3) is 0 Å². The first-order chi connectivity index (χ1) is 9.47. The lowest BCUT2D eigenvalue weighted by atomic mass is 10.1. The molecule has 2 aromatic rings. The SMILES string of the molecule is Cc1c(F)cc(C(N)=O)cc1NCc1ccc(F)cc1. The van der Waals surface area contributed by atoms with Crippen LogP contribution in [0.2, 0.25) is 0 Å². The van der Waals surface area contributed by atoms with Crippen LogP contribution in [0.5, 0.6) is 0 Å². The van der Waals surface area contributed by atoms with Gasteiger partial charge in [-0.3, -0.25) is 4.79 Å². The van der Waals surface area contributed by atoms with Gasteiger partial charge in [-0.2, -0.15) is 0 Å². The number of amides is 1. The Balaban J connectivity index is 2.20. The molecule has 0 radical (unpaired) electrons. The lowest BCUT2D eigenvalue weighted by molar-refractivity contribution is 0.1000. The predicted octanol–water partition coefficient (Wildman–Crippen LogP) is 2.98. The third-order valence-corrected chi connectivity index (χ3v) is 3.03. The van der Waals surface area contributed by atoms with Gasteiger partial charge in [0.2, 0.25) is 5.91 Å². The molecule has 3 N–H and O–H groups in total. The van der Waals surface area contributed by atoms with Gasteiger partial charge in [0.1, 0.15) is 11.6 Å². The van der Waals surface area contributed by atoms with Crippen molar-refractivity contribution in [2.24, 2.45) is 5.73 Å². The number of hydrogen-bond acceptors (Lipinski definition) is 2. The van der Waals surface area contributed by atoms with Crippen molar-refractivity contribution < 1.29 is 13.6 Å². The molecule has 3 nitrogen and oxygen atoms in total. The molecule has 104 valence electrons. The normalized spacial score (nSPS) is 10.3. The fraction of sp³-hybridized carbons (Fsp3) is 0.133. The number of halogens is 2. The Kier molecular flexibility index (Phi) is 3.98. The van der Waals surface area contributed by atoms with Crippen LogP contribution in [0.15, 0.2) is 36.4 Å². The summed E-state index contributed by atoms with van der Waals surface area (Å²) < 4.78 is 26.5. The second kappa shape index (κ2) is 5.69. The standard InChI is InChI=1S/C15H14F2N2O/c1-9-13(17)6-11(15(18)20)7-14(9)19-8-10-2-4-12(16)5-3-10/h2-7,19H,8H2,1H3,(H2,18,20). The monoisotopic (exact) mass is 276 g/mol. The number of carbonyl (C=O) groups is 1. The van der Waals surface area contributed by atoms with Gasteiger partial charge in [-0.15, -0.1) is 0 Å². The van der Waals surface area contributed by atoms with Crippen LogP contribution in [0.4, 0.5) is 14.5 Å². The Morgan fingerprint density at radius 2 is 1.85 bits per heavy atom. The lowest BCUT2D eigenvalue weighted by Crippen LogP contribution is -2.13. The second-order valence-corrected chi connectivity index (χ2v) is 4.47. The number of nitrogens with two attached hydrogens (primary N) is 1.